The molecular formula is C11H19N5O2. The van der Waals surface area contributed by atoms with Gasteiger partial charge in [0.05, 0.1) is 4.92 Å². The van der Waals surface area contributed by atoms with Crippen molar-refractivity contribution in [3.05, 3.63) is 16.3 Å². The molecule has 100 valence electrons. The monoisotopic (exact) mass is 253 g/mol. The van der Waals surface area contributed by atoms with Crippen LogP contribution in [0.2, 0.25) is 0 Å². The maximum absolute atomic E-state index is 10.8. The number of nitrogen functional groups attached to an aromatic ring is 1. The molecule has 0 saturated heterocycles. The second-order valence-electron chi connectivity index (χ2n) is 4.26. The fourth-order valence-electron chi connectivity index (χ4n) is 1.64. The zero-order valence-electron chi connectivity index (χ0n) is 10.7. The Balaban J connectivity index is 2.70. The lowest BCUT2D eigenvalue weighted by atomic mass is 10.1. The highest BCUT2D eigenvalue weighted by Gasteiger charge is 2.17. The summed E-state index contributed by atoms with van der Waals surface area (Å²) in [5.41, 5.74) is 5.29. The Kier molecular flexibility index (Phi) is 5.29. The summed E-state index contributed by atoms with van der Waals surface area (Å²) in [5.74, 6) is 0.223. The van der Waals surface area contributed by atoms with E-state index in [2.05, 4.69) is 22.2 Å². The zero-order chi connectivity index (χ0) is 13.5. The average Bonchev–Trinajstić information content (AvgIpc) is 2.29. The molecule has 0 aliphatic carbocycles. The van der Waals surface area contributed by atoms with Crippen molar-refractivity contribution in [2.75, 3.05) is 11.1 Å². The molecule has 0 bridgehead atoms. The first-order valence-electron chi connectivity index (χ1n) is 6.08. The molecule has 1 rings (SSSR count). The predicted octanol–water partition coefficient (Wildman–Crippen LogP) is 2.35. The number of nitrogens with one attached hydrogen (secondary N) is 1. The molecular weight excluding hydrogens is 234 g/mol. The number of nitrogens with zero attached hydrogens (tertiary/aromatic N) is 3. The molecule has 0 aromatic carbocycles. The third-order valence-corrected chi connectivity index (χ3v) is 2.61. The van der Waals surface area contributed by atoms with Crippen molar-refractivity contribution in [3.8, 4) is 0 Å². The highest BCUT2D eigenvalue weighted by Crippen LogP contribution is 2.22. The van der Waals surface area contributed by atoms with Crippen LogP contribution in [-0.4, -0.2) is 20.9 Å². The fourth-order valence-corrected chi connectivity index (χ4v) is 1.64. The van der Waals surface area contributed by atoms with Crippen LogP contribution < -0.4 is 11.1 Å². The number of nitro groups is 1. The second kappa shape index (κ2) is 6.73. The average molecular weight is 253 g/mol. The van der Waals surface area contributed by atoms with Crippen molar-refractivity contribution in [1.29, 1.82) is 0 Å². The Labute approximate surface area is 106 Å². The van der Waals surface area contributed by atoms with E-state index in [1.54, 1.807) is 0 Å². The summed E-state index contributed by atoms with van der Waals surface area (Å²) in [4.78, 5) is 17.8. The maximum Gasteiger partial charge on any atom is 0.329 e. The van der Waals surface area contributed by atoms with Gasteiger partial charge in [-0.3, -0.25) is 10.1 Å². The third kappa shape index (κ3) is 4.15. The van der Waals surface area contributed by atoms with Gasteiger partial charge in [0.15, 0.2) is 0 Å². The van der Waals surface area contributed by atoms with Gasteiger partial charge in [-0.25, -0.2) is 4.98 Å². The highest BCUT2D eigenvalue weighted by atomic mass is 16.6. The van der Waals surface area contributed by atoms with Gasteiger partial charge in [-0.1, -0.05) is 26.2 Å². The van der Waals surface area contributed by atoms with E-state index in [0.29, 0.717) is 0 Å². The Morgan fingerprint density at radius 1 is 1.56 bits per heavy atom. The summed E-state index contributed by atoms with van der Waals surface area (Å²) >= 11 is 0. The van der Waals surface area contributed by atoms with Crippen molar-refractivity contribution in [2.45, 2.75) is 45.6 Å². The molecule has 1 aromatic rings. The van der Waals surface area contributed by atoms with E-state index in [-0.39, 0.29) is 23.5 Å². The number of unbranched alkanes of at least 4 members (excludes halogenated alkanes) is 2. The van der Waals surface area contributed by atoms with Gasteiger partial charge >= 0.3 is 5.69 Å². The Morgan fingerprint density at radius 2 is 2.28 bits per heavy atom. The zero-order valence-corrected chi connectivity index (χ0v) is 10.7. The topological polar surface area (TPSA) is 107 Å². The van der Waals surface area contributed by atoms with Crippen LogP contribution in [0.1, 0.15) is 39.5 Å². The summed E-state index contributed by atoms with van der Waals surface area (Å²) in [6.45, 7) is 4.10. The van der Waals surface area contributed by atoms with Crippen LogP contribution in [0.3, 0.4) is 0 Å². The molecule has 1 atom stereocenters. The van der Waals surface area contributed by atoms with Gasteiger partial charge in [-0.2, -0.15) is 4.98 Å². The third-order valence-electron chi connectivity index (χ3n) is 2.61. The first-order valence-corrected chi connectivity index (χ1v) is 6.08. The van der Waals surface area contributed by atoms with Gasteiger partial charge in [-0.05, 0) is 13.3 Å². The number of nitrogens with two attached hydrogens (primary N) is 1. The summed E-state index contributed by atoms with van der Waals surface area (Å²) in [6.07, 6.45) is 5.45. The molecule has 0 aliphatic heterocycles. The number of hydrogen-bond donors (Lipinski definition) is 2. The minimum absolute atomic E-state index is 0.0314. The number of hydrogen-bond acceptors (Lipinski definition) is 6. The molecule has 1 unspecified atom stereocenters. The highest BCUT2D eigenvalue weighted by molar-refractivity contribution is 5.56. The summed E-state index contributed by atoms with van der Waals surface area (Å²) in [7, 11) is 0. The van der Waals surface area contributed by atoms with Gasteiger partial charge in [0.25, 0.3) is 0 Å². The standard InChI is InChI=1S/C11H19N5O2/c1-3-4-5-6-8(2)14-10-9(16(17)18)7-13-11(12)15-10/h7-8H,3-6H2,1-2H3,(H3,12,13,14,15). The first-order chi connectivity index (χ1) is 8.54. The molecule has 0 aliphatic rings. The van der Waals surface area contributed by atoms with Gasteiger partial charge in [0.1, 0.15) is 6.20 Å². The lowest BCUT2D eigenvalue weighted by Gasteiger charge is -2.14. The molecule has 18 heavy (non-hydrogen) atoms. The van der Waals surface area contributed by atoms with Crippen molar-refractivity contribution in [3.63, 3.8) is 0 Å². The van der Waals surface area contributed by atoms with E-state index in [9.17, 15) is 10.1 Å². The van der Waals surface area contributed by atoms with E-state index in [1.165, 1.54) is 0 Å². The van der Waals surface area contributed by atoms with E-state index in [0.717, 1.165) is 31.9 Å². The van der Waals surface area contributed by atoms with Crippen LogP contribution >= 0.6 is 0 Å². The maximum atomic E-state index is 10.8. The van der Waals surface area contributed by atoms with E-state index in [1.807, 2.05) is 6.92 Å². The van der Waals surface area contributed by atoms with Crippen molar-refractivity contribution in [2.24, 2.45) is 0 Å². The van der Waals surface area contributed by atoms with Crippen LogP contribution in [0.25, 0.3) is 0 Å². The molecule has 0 saturated carbocycles. The Morgan fingerprint density at radius 3 is 2.89 bits per heavy atom. The van der Waals surface area contributed by atoms with E-state index >= 15 is 0 Å². The minimum Gasteiger partial charge on any atom is -0.368 e. The molecule has 1 heterocycles. The van der Waals surface area contributed by atoms with Crippen molar-refractivity contribution < 1.29 is 4.92 Å². The molecule has 0 spiro atoms. The van der Waals surface area contributed by atoms with Crippen LogP contribution in [0.15, 0.2) is 6.20 Å². The van der Waals surface area contributed by atoms with E-state index < -0.39 is 4.92 Å². The minimum atomic E-state index is -0.513. The molecule has 0 fully saturated rings. The molecule has 0 amide bonds. The fraction of sp³-hybridized carbons (Fsp3) is 0.636. The number of aromatic nitrogens is 2. The van der Waals surface area contributed by atoms with Gasteiger partial charge in [0.2, 0.25) is 11.8 Å². The van der Waals surface area contributed by atoms with Crippen molar-refractivity contribution >= 4 is 17.5 Å². The molecule has 3 N–H and O–H groups in total. The quantitative estimate of drug-likeness (QED) is 0.438. The normalized spacial score (nSPS) is 12.1. The lowest BCUT2D eigenvalue weighted by Crippen LogP contribution is -2.17. The van der Waals surface area contributed by atoms with Crippen LogP contribution in [0.4, 0.5) is 17.5 Å². The van der Waals surface area contributed by atoms with Gasteiger partial charge in [-0.15, -0.1) is 0 Å². The van der Waals surface area contributed by atoms with Crippen LogP contribution in [0, 0.1) is 10.1 Å². The molecule has 1 aromatic heterocycles. The summed E-state index contributed by atoms with van der Waals surface area (Å²) in [5, 5.41) is 13.8. The second-order valence-corrected chi connectivity index (χ2v) is 4.26. The smallest absolute Gasteiger partial charge is 0.329 e. The summed E-state index contributed by atoms with van der Waals surface area (Å²) in [6, 6.07) is 0.115. The summed E-state index contributed by atoms with van der Waals surface area (Å²) < 4.78 is 0. The predicted molar refractivity (Wildman–Crippen MR) is 70.3 cm³/mol. The molecule has 7 nitrogen and oxygen atoms in total. The Hall–Kier alpha value is -1.92. The molecule has 0 radical (unpaired) electrons. The SMILES string of the molecule is CCCCCC(C)Nc1nc(N)ncc1[N+](=O)[O-]. The van der Waals surface area contributed by atoms with Crippen molar-refractivity contribution in [1.82, 2.24) is 9.97 Å². The number of anilines is 2. The van der Waals surface area contributed by atoms with E-state index in [4.69, 9.17) is 5.73 Å². The van der Waals surface area contributed by atoms with Crippen LogP contribution in [-0.2, 0) is 0 Å². The lowest BCUT2D eigenvalue weighted by molar-refractivity contribution is -0.384. The first kappa shape index (κ1) is 14.1. The molecule has 7 heteroatoms. The number of rotatable bonds is 7. The van der Waals surface area contributed by atoms with Crippen LogP contribution in [0.5, 0.6) is 0 Å². The van der Waals surface area contributed by atoms with Gasteiger partial charge in [0, 0.05) is 6.04 Å². The largest absolute Gasteiger partial charge is 0.368 e. The Bertz CT molecular complexity index is 410. The van der Waals surface area contributed by atoms with Gasteiger partial charge < -0.3 is 11.1 Å².